The molecule has 0 radical (unpaired) electrons. The van der Waals surface area contributed by atoms with Gasteiger partial charge in [0.15, 0.2) is 0 Å². The highest BCUT2D eigenvalue weighted by atomic mass is 16.6. The molecule has 0 saturated carbocycles. The summed E-state index contributed by atoms with van der Waals surface area (Å²) in [5.41, 5.74) is -0.397. The van der Waals surface area contributed by atoms with E-state index in [9.17, 15) is 19.7 Å². The van der Waals surface area contributed by atoms with E-state index in [1.165, 1.54) is 24.7 Å². The molecule has 1 amide bonds. The first-order valence-corrected chi connectivity index (χ1v) is 7.42. The van der Waals surface area contributed by atoms with Crippen LogP contribution >= 0.6 is 0 Å². The molecule has 0 aliphatic heterocycles. The lowest BCUT2D eigenvalue weighted by atomic mass is 10.2. The SMILES string of the molecule is CC(NC(=O)Cn1cnc2ccc([N+](=O)[O-])cc2c1=O)c1ccco1. The van der Waals surface area contributed by atoms with Gasteiger partial charge in [0.2, 0.25) is 5.91 Å². The number of carbonyl (C=O) groups is 1. The lowest BCUT2D eigenvalue weighted by Gasteiger charge is -2.12. The molecule has 0 aliphatic carbocycles. The Labute approximate surface area is 141 Å². The number of furan rings is 1. The number of nitrogens with one attached hydrogen (secondary N) is 1. The fourth-order valence-electron chi connectivity index (χ4n) is 2.42. The molecule has 0 saturated heterocycles. The van der Waals surface area contributed by atoms with Crippen LogP contribution in [0, 0.1) is 10.1 Å². The minimum absolute atomic E-state index is 0.0867. The van der Waals surface area contributed by atoms with E-state index in [0.717, 1.165) is 10.6 Å². The average molecular weight is 342 g/mol. The number of fused-ring (bicyclic) bond motifs is 1. The fraction of sp³-hybridized carbons (Fsp3) is 0.188. The lowest BCUT2D eigenvalue weighted by molar-refractivity contribution is -0.384. The molecule has 1 atom stereocenters. The van der Waals surface area contributed by atoms with E-state index in [-0.39, 0.29) is 23.7 Å². The van der Waals surface area contributed by atoms with Gasteiger partial charge in [-0.2, -0.15) is 0 Å². The molecule has 0 aliphatic rings. The van der Waals surface area contributed by atoms with Crippen molar-refractivity contribution in [3.8, 4) is 0 Å². The summed E-state index contributed by atoms with van der Waals surface area (Å²) in [4.78, 5) is 38.9. The average Bonchev–Trinajstić information content (AvgIpc) is 3.12. The van der Waals surface area contributed by atoms with Crippen molar-refractivity contribution in [1.29, 1.82) is 0 Å². The lowest BCUT2D eigenvalue weighted by Crippen LogP contribution is -2.33. The number of aromatic nitrogens is 2. The van der Waals surface area contributed by atoms with Crippen LogP contribution in [0.2, 0.25) is 0 Å². The van der Waals surface area contributed by atoms with Gasteiger partial charge in [-0.15, -0.1) is 0 Å². The zero-order valence-electron chi connectivity index (χ0n) is 13.2. The molecule has 0 bridgehead atoms. The highest BCUT2D eigenvalue weighted by molar-refractivity contribution is 5.81. The van der Waals surface area contributed by atoms with Crippen LogP contribution in [0.25, 0.3) is 10.9 Å². The maximum absolute atomic E-state index is 12.5. The van der Waals surface area contributed by atoms with Gasteiger partial charge < -0.3 is 9.73 Å². The molecular formula is C16H14N4O5. The van der Waals surface area contributed by atoms with Crippen molar-refractivity contribution < 1.29 is 14.1 Å². The van der Waals surface area contributed by atoms with Gasteiger partial charge in [-0.25, -0.2) is 4.98 Å². The number of amides is 1. The summed E-state index contributed by atoms with van der Waals surface area (Å²) in [7, 11) is 0. The topological polar surface area (TPSA) is 120 Å². The van der Waals surface area contributed by atoms with E-state index in [0.29, 0.717) is 11.3 Å². The fourth-order valence-corrected chi connectivity index (χ4v) is 2.42. The Morgan fingerprint density at radius 2 is 2.24 bits per heavy atom. The number of nitro groups is 1. The van der Waals surface area contributed by atoms with E-state index in [4.69, 9.17) is 4.42 Å². The first kappa shape index (κ1) is 16.4. The molecular weight excluding hydrogens is 328 g/mol. The largest absolute Gasteiger partial charge is 0.467 e. The number of benzene rings is 1. The van der Waals surface area contributed by atoms with Gasteiger partial charge in [0.25, 0.3) is 11.2 Å². The van der Waals surface area contributed by atoms with E-state index in [1.807, 2.05) is 0 Å². The van der Waals surface area contributed by atoms with Gasteiger partial charge in [-0.3, -0.25) is 24.3 Å². The van der Waals surface area contributed by atoms with Crippen LogP contribution in [-0.2, 0) is 11.3 Å². The second-order valence-corrected chi connectivity index (χ2v) is 5.44. The zero-order valence-corrected chi connectivity index (χ0v) is 13.2. The molecule has 1 unspecified atom stereocenters. The van der Waals surface area contributed by atoms with Crippen LogP contribution in [0.5, 0.6) is 0 Å². The Morgan fingerprint density at radius 3 is 2.92 bits per heavy atom. The van der Waals surface area contributed by atoms with Gasteiger partial charge in [0, 0.05) is 12.1 Å². The van der Waals surface area contributed by atoms with Crippen molar-refractivity contribution in [1.82, 2.24) is 14.9 Å². The molecule has 2 aromatic heterocycles. The molecule has 9 nitrogen and oxygen atoms in total. The maximum Gasteiger partial charge on any atom is 0.270 e. The molecule has 3 rings (SSSR count). The minimum Gasteiger partial charge on any atom is -0.467 e. The standard InChI is InChI=1S/C16H14N4O5/c1-10(14-3-2-6-25-14)18-15(21)8-19-9-17-13-5-4-11(20(23)24)7-12(13)16(19)22/h2-7,9-10H,8H2,1H3,(H,18,21). The quantitative estimate of drug-likeness (QED) is 0.557. The Hall–Kier alpha value is -3.49. The van der Waals surface area contributed by atoms with Crippen LogP contribution in [0.4, 0.5) is 5.69 Å². The van der Waals surface area contributed by atoms with Crippen LogP contribution in [0.1, 0.15) is 18.7 Å². The third kappa shape index (κ3) is 3.39. The molecule has 0 spiro atoms. The molecule has 3 aromatic rings. The van der Waals surface area contributed by atoms with Gasteiger partial charge in [0.05, 0.1) is 34.5 Å². The van der Waals surface area contributed by atoms with Gasteiger partial charge in [0.1, 0.15) is 12.3 Å². The van der Waals surface area contributed by atoms with Gasteiger partial charge >= 0.3 is 0 Å². The number of nitro benzene ring substituents is 1. The third-order valence-corrected chi connectivity index (χ3v) is 3.68. The highest BCUT2D eigenvalue weighted by Crippen LogP contribution is 2.16. The Morgan fingerprint density at radius 1 is 1.44 bits per heavy atom. The Bertz CT molecular complexity index is 993. The van der Waals surface area contributed by atoms with Crippen molar-refractivity contribution >= 4 is 22.5 Å². The summed E-state index contributed by atoms with van der Waals surface area (Å²) >= 11 is 0. The second kappa shape index (κ2) is 6.56. The van der Waals surface area contributed by atoms with Gasteiger partial charge in [-0.1, -0.05) is 0 Å². The summed E-state index contributed by atoms with van der Waals surface area (Å²) in [5, 5.41) is 13.6. The summed E-state index contributed by atoms with van der Waals surface area (Å²) in [6.07, 6.45) is 2.75. The number of hydrogen-bond donors (Lipinski definition) is 1. The minimum atomic E-state index is -0.589. The summed E-state index contributed by atoms with van der Waals surface area (Å²) in [5.74, 6) is 0.186. The molecule has 0 fully saturated rings. The monoisotopic (exact) mass is 342 g/mol. The zero-order chi connectivity index (χ0) is 18.0. The predicted molar refractivity (Wildman–Crippen MR) is 87.9 cm³/mol. The normalized spacial score (nSPS) is 12.0. The molecule has 25 heavy (non-hydrogen) atoms. The van der Waals surface area contributed by atoms with E-state index >= 15 is 0 Å². The predicted octanol–water partition coefficient (Wildman–Crippen LogP) is 1.78. The van der Waals surface area contributed by atoms with E-state index in [1.54, 1.807) is 19.1 Å². The number of carbonyl (C=O) groups excluding carboxylic acids is 1. The molecule has 2 heterocycles. The summed E-state index contributed by atoms with van der Waals surface area (Å²) in [6, 6.07) is 6.92. The highest BCUT2D eigenvalue weighted by Gasteiger charge is 2.15. The number of rotatable bonds is 5. The van der Waals surface area contributed by atoms with Crippen LogP contribution < -0.4 is 10.9 Å². The van der Waals surface area contributed by atoms with Crippen molar-refractivity contribution in [2.45, 2.75) is 19.5 Å². The van der Waals surface area contributed by atoms with Crippen LogP contribution in [0.15, 0.2) is 52.1 Å². The molecule has 1 aromatic carbocycles. The smallest absolute Gasteiger partial charge is 0.270 e. The Kier molecular flexibility index (Phi) is 4.29. The van der Waals surface area contributed by atoms with Crippen molar-refractivity contribution in [2.75, 3.05) is 0 Å². The van der Waals surface area contributed by atoms with E-state index in [2.05, 4.69) is 10.3 Å². The first-order valence-electron chi connectivity index (χ1n) is 7.42. The Balaban J connectivity index is 1.83. The van der Waals surface area contributed by atoms with Crippen LogP contribution in [0.3, 0.4) is 0 Å². The van der Waals surface area contributed by atoms with Crippen molar-refractivity contribution in [2.24, 2.45) is 0 Å². The summed E-state index contributed by atoms with van der Waals surface area (Å²) < 4.78 is 6.31. The molecule has 1 N–H and O–H groups in total. The van der Waals surface area contributed by atoms with Gasteiger partial charge in [-0.05, 0) is 25.1 Å². The van der Waals surface area contributed by atoms with Crippen LogP contribution in [-0.4, -0.2) is 20.4 Å². The maximum atomic E-state index is 12.5. The van der Waals surface area contributed by atoms with Crippen molar-refractivity contribution in [3.63, 3.8) is 0 Å². The molecule has 128 valence electrons. The number of nitrogens with zero attached hydrogens (tertiary/aromatic N) is 3. The first-order chi connectivity index (χ1) is 12.0. The van der Waals surface area contributed by atoms with E-state index < -0.39 is 16.4 Å². The summed E-state index contributed by atoms with van der Waals surface area (Å²) in [6.45, 7) is 1.50. The molecule has 9 heteroatoms. The number of non-ortho nitro benzene ring substituents is 1. The van der Waals surface area contributed by atoms with Crippen molar-refractivity contribution in [3.05, 3.63) is 69.2 Å². The second-order valence-electron chi connectivity index (χ2n) is 5.44. The third-order valence-electron chi connectivity index (χ3n) is 3.68. The number of hydrogen-bond acceptors (Lipinski definition) is 6.